The molecule has 0 amide bonds. The minimum atomic E-state index is -3.49. The molecule has 2 heterocycles. The average molecular weight is 266 g/mol. The Balaban J connectivity index is 2.21. The van der Waals surface area contributed by atoms with Gasteiger partial charge in [0.2, 0.25) is 10.0 Å². The van der Waals surface area contributed by atoms with Crippen molar-refractivity contribution in [2.24, 2.45) is 7.05 Å². The van der Waals surface area contributed by atoms with Crippen molar-refractivity contribution in [3.05, 3.63) is 42.5 Å². The van der Waals surface area contributed by atoms with Gasteiger partial charge in [0, 0.05) is 39.2 Å². The highest BCUT2D eigenvalue weighted by Gasteiger charge is 2.22. The van der Waals surface area contributed by atoms with Crippen LogP contribution in [0, 0.1) is 0 Å². The van der Waals surface area contributed by atoms with Crippen molar-refractivity contribution in [3.63, 3.8) is 0 Å². The molecule has 0 saturated carbocycles. The monoisotopic (exact) mass is 266 g/mol. The Morgan fingerprint density at radius 3 is 2.56 bits per heavy atom. The summed E-state index contributed by atoms with van der Waals surface area (Å²) < 4.78 is 27.2. The van der Waals surface area contributed by atoms with Gasteiger partial charge < -0.3 is 0 Å². The van der Waals surface area contributed by atoms with E-state index in [0.29, 0.717) is 6.54 Å². The van der Waals surface area contributed by atoms with E-state index in [0.717, 1.165) is 5.56 Å². The second-order valence-corrected chi connectivity index (χ2v) is 6.01. The molecule has 0 saturated heterocycles. The number of sulfonamides is 1. The normalized spacial score (nSPS) is 11.9. The maximum atomic E-state index is 12.2. The van der Waals surface area contributed by atoms with Crippen molar-refractivity contribution in [1.82, 2.24) is 19.1 Å². The van der Waals surface area contributed by atoms with Gasteiger partial charge in [0.25, 0.3) is 0 Å². The Kier molecular flexibility index (Phi) is 3.44. The summed E-state index contributed by atoms with van der Waals surface area (Å²) in [5, 5.41) is 3.87. The summed E-state index contributed by atoms with van der Waals surface area (Å²) >= 11 is 0. The Morgan fingerprint density at radius 1 is 1.33 bits per heavy atom. The first kappa shape index (κ1) is 12.7. The number of rotatable bonds is 4. The molecule has 18 heavy (non-hydrogen) atoms. The van der Waals surface area contributed by atoms with Gasteiger partial charge in [-0.15, -0.1) is 0 Å². The van der Waals surface area contributed by atoms with Crippen molar-refractivity contribution in [2.45, 2.75) is 11.4 Å². The maximum Gasteiger partial charge on any atom is 0.246 e. The Hall–Kier alpha value is -1.73. The van der Waals surface area contributed by atoms with Crippen LogP contribution in [0.2, 0.25) is 0 Å². The second-order valence-electron chi connectivity index (χ2n) is 3.97. The Bertz CT molecular complexity index is 622. The number of nitrogens with zero attached hydrogens (tertiary/aromatic N) is 4. The highest BCUT2D eigenvalue weighted by molar-refractivity contribution is 7.89. The Morgan fingerprint density at radius 2 is 2.00 bits per heavy atom. The van der Waals surface area contributed by atoms with Gasteiger partial charge in [0.15, 0.2) is 0 Å². The number of hydrogen-bond acceptors (Lipinski definition) is 4. The first-order valence-corrected chi connectivity index (χ1v) is 6.78. The van der Waals surface area contributed by atoms with Gasteiger partial charge in [0.1, 0.15) is 4.90 Å². The van der Waals surface area contributed by atoms with Crippen LogP contribution in [0.1, 0.15) is 5.56 Å². The van der Waals surface area contributed by atoms with Gasteiger partial charge in [-0.2, -0.15) is 9.40 Å². The molecule has 0 aliphatic heterocycles. The predicted molar refractivity (Wildman–Crippen MR) is 66.1 cm³/mol. The predicted octanol–water partition coefficient (Wildman–Crippen LogP) is 0.636. The number of hydrogen-bond donors (Lipinski definition) is 0. The van der Waals surface area contributed by atoms with Gasteiger partial charge >= 0.3 is 0 Å². The molecule has 96 valence electrons. The van der Waals surface area contributed by atoms with E-state index >= 15 is 0 Å². The smallest absolute Gasteiger partial charge is 0.246 e. The molecule has 0 spiro atoms. The van der Waals surface area contributed by atoms with Crippen molar-refractivity contribution >= 4 is 10.0 Å². The van der Waals surface area contributed by atoms with Crippen molar-refractivity contribution in [3.8, 4) is 0 Å². The van der Waals surface area contributed by atoms with Crippen LogP contribution in [0.15, 0.2) is 41.8 Å². The molecule has 0 aliphatic rings. The molecular formula is C11H14N4O2S. The van der Waals surface area contributed by atoms with Gasteiger partial charge in [0.05, 0.1) is 6.20 Å². The van der Waals surface area contributed by atoms with Gasteiger partial charge in [-0.05, 0) is 17.7 Å². The van der Waals surface area contributed by atoms with Gasteiger partial charge in [-0.25, -0.2) is 8.42 Å². The van der Waals surface area contributed by atoms with E-state index in [2.05, 4.69) is 10.1 Å². The van der Waals surface area contributed by atoms with Crippen LogP contribution in [-0.2, 0) is 23.6 Å². The number of aromatic nitrogens is 3. The quantitative estimate of drug-likeness (QED) is 0.814. The minimum absolute atomic E-state index is 0.196. The molecule has 0 radical (unpaired) electrons. The average Bonchev–Trinajstić information content (AvgIpc) is 2.78. The largest absolute Gasteiger partial charge is 0.274 e. The molecule has 7 heteroatoms. The first-order valence-electron chi connectivity index (χ1n) is 5.34. The van der Waals surface area contributed by atoms with Crippen LogP contribution in [0.25, 0.3) is 0 Å². The van der Waals surface area contributed by atoms with Crippen LogP contribution >= 0.6 is 0 Å². The number of pyridine rings is 1. The second kappa shape index (κ2) is 4.87. The van der Waals surface area contributed by atoms with Crippen molar-refractivity contribution < 1.29 is 8.42 Å². The molecule has 0 bridgehead atoms. The maximum absolute atomic E-state index is 12.2. The van der Waals surface area contributed by atoms with Gasteiger partial charge in [-0.1, -0.05) is 0 Å². The van der Waals surface area contributed by atoms with E-state index < -0.39 is 10.0 Å². The fraction of sp³-hybridized carbons (Fsp3) is 0.273. The third-order valence-corrected chi connectivity index (χ3v) is 4.30. The van der Waals surface area contributed by atoms with Crippen LogP contribution in [0.4, 0.5) is 0 Å². The standard InChI is InChI=1S/C11H14N4O2S/c1-14-9-11(7-13-14)18(16,17)15(2)8-10-3-5-12-6-4-10/h3-7,9H,8H2,1-2H3. The molecule has 2 aromatic heterocycles. The molecule has 0 atom stereocenters. The van der Waals surface area contributed by atoms with Crippen LogP contribution in [0.5, 0.6) is 0 Å². The van der Waals surface area contributed by atoms with E-state index in [1.54, 1.807) is 38.6 Å². The van der Waals surface area contributed by atoms with E-state index in [4.69, 9.17) is 0 Å². The highest BCUT2D eigenvalue weighted by atomic mass is 32.2. The van der Waals surface area contributed by atoms with E-state index in [9.17, 15) is 8.42 Å². The lowest BCUT2D eigenvalue weighted by atomic mass is 10.3. The zero-order valence-corrected chi connectivity index (χ0v) is 11.0. The zero-order valence-electron chi connectivity index (χ0n) is 10.2. The third kappa shape index (κ3) is 2.57. The summed E-state index contributed by atoms with van der Waals surface area (Å²) in [6, 6.07) is 3.57. The lowest BCUT2D eigenvalue weighted by Gasteiger charge is -2.15. The SMILES string of the molecule is CN(Cc1ccncc1)S(=O)(=O)c1cnn(C)c1. The van der Waals surface area contributed by atoms with Crippen molar-refractivity contribution in [1.29, 1.82) is 0 Å². The lowest BCUT2D eigenvalue weighted by molar-refractivity contribution is 0.466. The van der Waals surface area contributed by atoms with E-state index in [-0.39, 0.29) is 4.90 Å². The molecule has 0 fully saturated rings. The lowest BCUT2D eigenvalue weighted by Crippen LogP contribution is -2.26. The van der Waals surface area contributed by atoms with E-state index in [1.165, 1.54) is 21.4 Å². The summed E-state index contributed by atoms with van der Waals surface area (Å²) in [6.07, 6.45) is 6.11. The van der Waals surface area contributed by atoms with Crippen LogP contribution in [-0.4, -0.2) is 34.5 Å². The summed E-state index contributed by atoms with van der Waals surface area (Å²) in [7, 11) is -0.260. The van der Waals surface area contributed by atoms with E-state index in [1.807, 2.05) is 0 Å². The summed E-state index contributed by atoms with van der Waals surface area (Å²) in [4.78, 5) is 4.09. The highest BCUT2D eigenvalue weighted by Crippen LogP contribution is 2.15. The fourth-order valence-electron chi connectivity index (χ4n) is 1.54. The molecular weight excluding hydrogens is 252 g/mol. The minimum Gasteiger partial charge on any atom is -0.274 e. The molecule has 0 aliphatic carbocycles. The van der Waals surface area contributed by atoms with Crippen molar-refractivity contribution in [2.75, 3.05) is 7.05 Å². The Labute approximate surface area is 106 Å². The summed E-state index contributed by atoms with van der Waals surface area (Å²) in [5.74, 6) is 0. The topological polar surface area (TPSA) is 68.1 Å². The third-order valence-electron chi connectivity index (χ3n) is 2.54. The molecule has 2 aromatic rings. The first-order chi connectivity index (χ1) is 8.50. The van der Waals surface area contributed by atoms with Gasteiger partial charge in [-0.3, -0.25) is 9.67 Å². The molecule has 0 N–H and O–H groups in total. The zero-order chi connectivity index (χ0) is 13.2. The fourth-order valence-corrected chi connectivity index (χ4v) is 2.69. The van der Waals surface area contributed by atoms with Crippen LogP contribution in [0.3, 0.4) is 0 Å². The molecule has 6 nitrogen and oxygen atoms in total. The molecule has 0 aromatic carbocycles. The summed E-state index contributed by atoms with van der Waals surface area (Å²) in [5.41, 5.74) is 0.889. The molecule has 0 unspecified atom stereocenters. The number of aryl methyl sites for hydroxylation is 1. The molecule has 2 rings (SSSR count). The summed E-state index contributed by atoms with van der Waals surface area (Å²) in [6.45, 7) is 0.305. The van der Waals surface area contributed by atoms with Crippen LogP contribution < -0.4 is 0 Å².